The zero-order valence-electron chi connectivity index (χ0n) is 12.6. The molecule has 0 aliphatic heterocycles. The molecule has 0 atom stereocenters. The lowest BCUT2D eigenvalue weighted by molar-refractivity contribution is -0.117. The molecule has 0 aliphatic carbocycles. The molecule has 2 rings (SSSR count). The molecule has 0 aliphatic rings. The number of carbonyl (C=O) groups is 3. The van der Waals surface area contributed by atoms with Crippen LogP contribution in [-0.4, -0.2) is 24.3 Å². The molecule has 0 radical (unpaired) electrons. The van der Waals surface area contributed by atoms with Gasteiger partial charge in [0.15, 0.2) is 5.76 Å². The molecule has 0 spiro atoms. The van der Waals surface area contributed by atoms with Crippen LogP contribution in [0.1, 0.15) is 32.0 Å². The first kappa shape index (κ1) is 16.3. The van der Waals surface area contributed by atoms with E-state index in [0.29, 0.717) is 12.1 Å². The molecule has 7 heteroatoms. The zero-order valence-corrected chi connectivity index (χ0v) is 12.6. The van der Waals surface area contributed by atoms with Crippen LogP contribution in [0.5, 0.6) is 0 Å². The first-order valence-corrected chi connectivity index (χ1v) is 6.95. The van der Waals surface area contributed by atoms with E-state index in [1.165, 1.54) is 6.26 Å². The molecule has 4 N–H and O–H groups in total. The fourth-order valence-electron chi connectivity index (χ4n) is 1.91. The van der Waals surface area contributed by atoms with Gasteiger partial charge in [-0.2, -0.15) is 0 Å². The highest BCUT2D eigenvalue weighted by Gasteiger charge is 2.12. The minimum atomic E-state index is -0.606. The fourth-order valence-corrected chi connectivity index (χ4v) is 1.91. The van der Waals surface area contributed by atoms with E-state index in [1.54, 1.807) is 37.3 Å². The topological polar surface area (TPSA) is 114 Å². The van der Waals surface area contributed by atoms with E-state index in [-0.39, 0.29) is 24.1 Å². The van der Waals surface area contributed by atoms with Gasteiger partial charge in [0.2, 0.25) is 5.91 Å². The molecule has 0 unspecified atom stereocenters. The normalized spacial score (nSPS) is 10.1. The fraction of sp³-hybridized carbons (Fsp3) is 0.188. The summed E-state index contributed by atoms with van der Waals surface area (Å²) in [6, 6.07) is 8.36. The van der Waals surface area contributed by atoms with Crippen LogP contribution >= 0.6 is 0 Å². The second-order valence-electron chi connectivity index (χ2n) is 4.96. The third kappa shape index (κ3) is 4.44. The van der Waals surface area contributed by atoms with Crippen molar-refractivity contribution in [1.29, 1.82) is 0 Å². The first-order chi connectivity index (χ1) is 11.0. The summed E-state index contributed by atoms with van der Waals surface area (Å²) >= 11 is 0. The van der Waals surface area contributed by atoms with E-state index < -0.39 is 5.91 Å². The molecular weight excluding hydrogens is 298 g/mol. The summed E-state index contributed by atoms with van der Waals surface area (Å²) in [4.78, 5) is 34.2. The Balaban J connectivity index is 1.90. The highest BCUT2D eigenvalue weighted by molar-refractivity contribution is 5.96. The molecule has 0 bridgehead atoms. The van der Waals surface area contributed by atoms with Gasteiger partial charge in [-0.05, 0) is 30.7 Å². The number of furan rings is 1. The molecule has 1 heterocycles. The van der Waals surface area contributed by atoms with Gasteiger partial charge >= 0.3 is 0 Å². The maximum Gasteiger partial charge on any atom is 0.287 e. The lowest BCUT2D eigenvalue weighted by atomic mass is 10.1. The van der Waals surface area contributed by atoms with Crippen molar-refractivity contribution in [3.8, 4) is 0 Å². The van der Waals surface area contributed by atoms with Crippen molar-refractivity contribution in [2.24, 2.45) is 5.73 Å². The van der Waals surface area contributed by atoms with Crippen LogP contribution in [-0.2, 0) is 11.3 Å². The van der Waals surface area contributed by atoms with Gasteiger partial charge < -0.3 is 20.8 Å². The number of hydrogen-bond donors (Lipinski definition) is 3. The average molecular weight is 315 g/mol. The number of rotatable bonds is 6. The number of aryl methyl sites for hydroxylation is 1. The van der Waals surface area contributed by atoms with E-state index in [0.717, 1.165) is 11.1 Å². The Hall–Kier alpha value is -3.09. The monoisotopic (exact) mass is 315 g/mol. The van der Waals surface area contributed by atoms with Crippen molar-refractivity contribution in [3.63, 3.8) is 0 Å². The lowest BCUT2D eigenvalue weighted by Gasteiger charge is -2.06. The second kappa shape index (κ2) is 7.26. The summed E-state index contributed by atoms with van der Waals surface area (Å²) in [7, 11) is 0. The van der Waals surface area contributed by atoms with Gasteiger partial charge in [0.05, 0.1) is 12.8 Å². The van der Waals surface area contributed by atoms with Crippen LogP contribution in [0.4, 0.5) is 0 Å². The zero-order chi connectivity index (χ0) is 16.8. The smallest absolute Gasteiger partial charge is 0.287 e. The van der Waals surface area contributed by atoms with Crippen LogP contribution in [0.3, 0.4) is 0 Å². The highest BCUT2D eigenvalue weighted by atomic mass is 16.3. The van der Waals surface area contributed by atoms with E-state index in [4.69, 9.17) is 10.2 Å². The number of nitrogens with one attached hydrogen (secondary N) is 2. The summed E-state index contributed by atoms with van der Waals surface area (Å²) < 4.78 is 5.11. The van der Waals surface area contributed by atoms with E-state index in [9.17, 15) is 14.4 Å². The Morgan fingerprint density at radius 1 is 1.04 bits per heavy atom. The van der Waals surface area contributed by atoms with Gasteiger partial charge in [0, 0.05) is 17.7 Å². The van der Waals surface area contributed by atoms with Gasteiger partial charge in [0.1, 0.15) is 0 Å². The predicted octanol–water partition coefficient (Wildman–Crippen LogP) is 0.733. The van der Waals surface area contributed by atoms with E-state index in [2.05, 4.69) is 10.6 Å². The SMILES string of the molecule is Cc1ccoc1C(=O)NCc1ccc(C(=O)NCC(N)=O)cc1. The van der Waals surface area contributed by atoms with Gasteiger partial charge in [-0.15, -0.1) is 0 Å². The van der Waals surface area contributed by atoms with Crippen molar-refractivity contribution >= 4 is 17.7 Å². The van der Waals surface area contributed by atoms with Crippen LogP contribution in [0.2, 0.25) is 0 Å². The van der Waals surface area contributed by atoms with E-state index >= 15 is 0 Å². The number of benzene rings is 1. The Labute approximate surface area is 132 Å². The Morgan fingerprint density at radius 3 is 2.30 bits per heavy atom. The summed E-state index contributed by atoms with van der Waals surface area (Å²) in [6.07, 6.45) is 1.46. The van der Waals surface area contributed by atoms with Gasteiger partial charge in [-0.3, -0.25) is 14.4 Å². The van der Waals surface area contributed by atoms with Crippen molar-refractivity contribution in [2.75, 3.05) is 6.54 Å². The average Bonchev–Trinajstić information content (AvgIpc) is 2.97. The predicted molar refractivity (Wildman–Crippen MR) is 82.6 cm³/mol. The molecule has 7 nitrogen and oxygen atoms in total. The molecule has 0 saturated heterocycles. The summed E-state index contributed by atoms with van der Waals surface area (Å²) in [5.41, 5.74) is 6.96. The molecular formula is C16H17N3O4. The van der Waals surface area contributed by atoms with Crippen molar-refractivity contribution in [2.45, 2.75) is 13.5 Å². The molecule has 0 fully saturated rings. The molecule has 23 heavy (non-hydrogen) atoms. The summed E-state index contributed by atoms with van der Waals surface area (Å²) in [5, 5.41) is 5.13. The maximum absolute atomic E-state index is 11.9. The lowest BCUT2D eigenvalue weighted by Crippen LogP contribution is -2.33. The number of amides is 3. The Morgan fingerprint density at radius 2 is 1.74 bits per heavy atom. The number of nitrogens with two attached hydrogens (primary N) is 1. The highest BCUT2D eigenvalue weighted by Crippen LogP contribution is 2.09. The number of carbonyl (C=O) groups excluding carboxylic acids is 3. The van der Waals surface area contributed by atoms with Crippen LogP contribution in [0.25, 0.3) is 0 Å². The molecule has 0 saturated carbocycles. The molecule has 1 aromatic heterocycles. The summed E-state index contributed by atoms with van der Waals surface area (Å²) in [6.45, 7) is 1.89. The molecule has 1 aromatic carbocycles. The minimum absolute atomic E-state index is 0.209. The molecule has 3 amide bonds. The van der Waals surface area contributed by atoms with Gasteiger partial charge in [0.25, 0.3) is 11.8 Å². The Kier molecular flexibility index (Phi) is 5.14. The Bertz CT molecular complexity index is 719. The maximum atomic E-state index is 11.9. The third-order valence-corrected chi connectivity index (χ3v) is 3.16. The number of primary amides is 1. The van der Waals surface area contributed by atoms with Crippen molar-refractivity contribution < 1.29 is 18.8 Å². The summed E-state index contributed by atoms with van der Waals surface area (Å²) in [5.74, 6) is -1.00. The van der Waals surface area contributed by atoms with Crippen molar-refractivity contribution in [1.82, 2.24) is 10.6 Å². The third-order valence-electron chi connectivity index (χ3n) is 3.16. The van der Waals surface area contributed by atoms with Gasteiger partial charge in [-0.25, -0.2) is 0 Å². The standard InChI is InChI=1S/C16H17N3O4/c1-10-6-7-23-14(10)16(22)18-8-11-2-4-12(5-3-11)15(21)19-9-13(17)20/h2-7H,8-9H2,1H3,(H2,17,20)(H,18,22)(H,19,21). The quantitative estimate of drug-likeness (QED) is 0.729. The molecule has 2 aromatic rings. The molecule has 120 valence electrons. The largest absolute Gasteiger partial charge is 0.459 e. The second-order valence-corrected chi connectivity index (χ2v) is 4.96. The van der Waals surface area contributed by atoms with E-state index in [1.807, 2.05) is 0 Å². The number of hydrogen-bond acceptors (Lipinski definition) is 4. The van der Waals surface area contributed by atoms with Crippen LogP contribution in [0, 0.1) is 6.92 Å². The van der Waals surface area contributed by atoms with Crippen LogP contribution in [0.15, 0.2) is 41.0 Å². The van der Waals surface area contributed by atoms with Crippen LogP contribution < -0.4 is 16.4 Å². The van der Waals surface area contributed by atoms with Gasteiger partial charge in [-0.1, -0.05) is 12.1 Å². The van der Waals surface area contributed by atoms with Crippen molar-refractivity contribution in [3.05, 3.63) is 59.0 Å². The minimum Gasteiger partial charge on any atom is -0.459 e. The first-order valence-electron chi connectivity index (χ1n) is 6.95.